The minimum Gasteiger partial charge on any atom is -0.457 e. The lowest BCUT2D eigenvalue weighted by molar-refractivity contribution is 0.0473. The highest BCUT2D eigenvalue weighted by Crippen LogP contribution is 2.20. The van der Waals surface area contributed by atoms with Gasteiger partial charge in [-0.25, -0.2) is 9.78 Å². The highest BCUT2D eigenvalue weighted by Gasteiger charge is 2.17. The number of pyridine rings is 1. The molecule has 1 aliphatic heterocycles. The maximum Gasteiger partial charge on any atom is 0.338 e. The van der Waals surface area contributed by atoms with Crippen LogP contribution in [0.3, 0.4) is 0 Å². The molecule has 3 aromatic heterocycles. The Balaban J connectivity index is 1.42. The van der Waals surface area contributed by atoms with Crippen molar-refractivity contribution >= 4 is 22.4 Å². The molecule has 7 heteroatoms. The van der Waals surface area contributed by atoms with Gasteiger partial charge >= 0.3 is 5.97 Å². The van der Waals surface area contributed by atoms with Gasteiger partial charge in [0.15, 0.2) is 0 Å². The third-order valence-corrected chi connectivity index (χ3v) is 6.03. The van der Waals surface area contributed by atoms with Crippen LogP contribution in [-0.2, 0) is 24.3 Å². The zero-order chi connectivity index (χ0) is 22.1. The second-order valence-corrected chi connectivity index (χ2v) is 8.09. The molecular formula is C25H22N4O3. The number of hydrogen-bond donors (Lipinski definition) is 0. The molecule has 160 valence electrons. The fourth-order valence-electron chi connectivity index (χ4n) is 4.36. The van der Waals surface area contributed by atoms with E-state index in [2.05, 4.69) is 6.07 Å². The number of rotatable bonds is 3. The highest BCUT2D eigenvalue weighted by atomic mass is 16.5. The van der Waals surface area contributed by atoms with Crippen LogP contribution in [-0.4, -0.2) is 19.9 Å². The van der Waals surface area contributed by atoms with Gasteiger partial charge in [-0.2, -0.15) is 5.26 Å². The summed E-state index contributed by atoms with van der Waals surface area (Å²) < 4.78 is 9.11. The Bertz CT molecular complexity index is 1440. The Morgan fingerprint density at radius 1 is 1.16 bits per heavy atom. The van der Waals surface area contributed by atoms with Crippen molar-refractivity contribution in [3.8, 4) is 6.07 Å². The van der Waals surface area contributed by atoms with E-state index in [9.17, 15) is 14.9 Å². The van der Waals surface area contributed by atoms with Gasteiger partial charge in [-0.3, -0.25) is 9.36 Å². The van der Waals surface area contributed by atoms with Gasteiger partial charge in [0.25, 0.3) is 5.56 Å². The molecule has 5 rings (SSSR count). The predicted molar refractivity (Wildman–Crippen MR) is 119 cm³/mol. The summed E-state index contributed by atoms with van der Waals surface area (Å²) in [5, 5.41) is 10.0. The summed E-state index contributed by atoms with van der Waals surface area (Å²) in [6.07, 6.45) is 8.65. The summed E-state index contributed by atoms with van der Waals surface area (Å²) in [5.74, 6) is 0.270. The van der Waals surface area contributed by atoms with E-state index in [1.54, 1.807) is 29.0 Å². The quantitative estimate of drug-likeness (QED) is 0.462. The molecule has 4 aromatic rings. The minimum atomic E-state index is -0.514. The number of fused-ring (bicyclic) bond motifs is 3. The van der Waals surface area contributed by atoms with E-state index in [1.807, 2.05) is 28.8 Å². The standard InChI is InChI=1S/C25H22N4O3/c26-14-20-18(15-28-11-6-4-7-22(20)28)16-32-25(31)17-9-10-19-21(13-17)27-23-8-3-1-2-5-12-29(23)24(19)30/h4,6-7,9-11,13,15H,1-3,5,8,12,16H2. The third-order valence-electron chi connectivity index (χ3n) is 6.03. The molecule has 0 bridgehead atoms. The average Bonchev–Trinajstić information content (AvgIpc) is 3.16. The van der Waals surface area contributed by atoms with Crippen molar-refractivity contribution in [2.75, 3.05) is 0 Å². The number of ether oxygens (including phenoxy) is 1. The number of esters is 1. The molecule has 0 N–H and O–H groups in total. The van der Waals surface area contributed by atoms with E-state index < -0.39 is 5.97 Å². The Morgan fingerprint density at radius 3 is 2.91 bits per heavy atom. The van der Waals surface area contributed by atoms with Crippen LogP contribution in [0.5, 0.6) is 0 Å². The normalized spacial score (nSPS) is 13.8. The molecule has 0 aliphatic carbocycles. The monoisotopic (exact) mass is 426 g/mol. The molecule has 0 fully saturated rings. The third kappa shape index (κ3) is 3.54. The van der Waals surface area contributed by atoms with E-state index >= 15 is 0 Å². The zero-order valence-corrected chi connectivity index (χ0v) is 17.6. The second kappa shape index (κ2) is 8.31. The fraction of sp³-hybridized carbons (Fsp3) is 0.280. The van der Waals surface area contributed by atoms with Crippen molar-refractivity contribution in [2.24, 2.45) is 0 Å². The van der Waals surface area contributed by atoms with Crippen molar-refractivity contribution in [3.05, 3.63) is 81.7 Å². The van der Waals surface area contributed by atoms with Crippen molar-refractivity contribution in [3.63, 3.8) is 0 Å². The number of aryl methyl sites for hydroxylation is 1. The second-order valence-electron chi connectivity index (χ2n) is 8.09. The number of benzene rings is 1. The highest BCUT2D eigenvalue weighted by molar-refractivity contribution is 5.94. The number of nitrogens with zero attached hydrogens (tertiary/aromatic N) is 4. The largest absolute Gasteiger partial charge is 0.457 e. The number of hydrogen-bond acceptors (Lipinski definition) is 5. The van der Waals surface area contributed by atoms with Crippen molar-refractivity contribution < 1.29 is 9.53 Å². The Kier molecular flexibility index (Phi) is 5.20. The summed E-state index contributed by atoms with van der Waals surface area (Å²) in [6, 6.07) is 12.7. The number of nitriles is 1. The lowest BCUT2D eigenvalue weighted by Gasteiger charge is -2.16. The van der Waals surface area contributed by atoms with E-state index in [-0.39, 0.29) is 12.2 Å². The average molecular weight is 426 g/mol. The van der Waals surface area contributed by atoms with E-state index in [4.69, 9.17) is 9.72 Å². The van der Waals surface area contributed by atoms with Crippen LogP contribution in [0, 0.1) is 11.3 Å². The maximum absolute atomic E-state index is 13.0. The molecule has 0 amide bonds. The molecule has 4 heterocycles. The van der Waals surface area contributed by atoms with Crippen LogP contribution in [0.15, 0.2) is 53.6 Å². The molecular weight excluding hydrogens is 404 g/mol. The van der Waals surface area contributed by atoms with Gasteiger partial charge in [0.2, 0.25) is 0 Å². The van der Waals surface area contributed by atoms with E-state index in [1.165, 1.54) is 0 Å². The number of aromatic nitrogens is 3. The van der Waals surface area contributed by atoms with Gasteiger partial charge < -0.3 is 9.14 Å². The summed E-state index contributed by atoms with van der Waals surface area (Å²) in [5.41, 5.74) is 2.71. The van der Waals surface area contributed by atoms with Gasteiger partial charge in [-0.15, -0.1) is 0 Å². The van der Waals surface area contributed by atoms with Crippen LogP contribution in [0.25, 0.3) is 16.4 Å². The lowest BCUT2D eigenvalue weighted by Crippen LogP contribution is -2.26. The molecule has 0 atom stereocenters. The SMILES string of the molecule is N#Cc1c(COC(=O)c2ccc3c(=O)n4c(nc3c2)CCCCCC4)cn2ccccc12. The van der Waals surface area contributed by atoms with Crippen molar-refractivity contribution in [1.29, 1.82) is 5.26 Å². The summed E-state index contributed by atoms with van der Waals surface area (Å²) in [6.45, 7) is 0.676. The minimum absolute atomic E-state index is 0.0122. The molecule has 0 saturated heterocycles. The zero-order valence-electron chi connectivity index (χ0n) is 17.6. The van der Waals surface area contributed by atoms with Gasteiger partial charge in [0, 0.05) is 30.9 Å². The molecule has 0 spiro atoms. The first-order valence-electron chi connectivity index (χ1n) is 10.8. The molecule has 7 nitrogen and oxygen atoms in total. The number of carbonyl (C=O) groups excluding carboxylic acids is 1. The first-order valence-corrected chi connectivity index (χ1v) is 10.8. The van der Waals surface area contributed by atoms with Crippen LogP contribution >= 0.6 is 0 Å². The molecule has 1 aromatic carbocycles. The van der Waals surface area contributed by atoms with Crippen LogP contribution in [0.1, 0.15) is 53.0 Å². The van der Waals surface area contributed by atoms with E-state index in [0.717, 1.165) is 43.4 Å². The lowest BCUT2D eigenvalue weighted by atomic mass is 10.1. The van der Waals surface area contributed by atoms with Gasteiger partial charge in [-0.05, 0) is 43.2 Å². The summed E-state index contributed by atoms with van der Waals surface area (Å²) in [4.78, 5) is 30.4. The first kappa shape index (κ1) is 20.0. The van der Waals surface area contributed by atoms with Crippen LogP contribution < -0.4 is 5.56 Å². The molecule has 0 radical (unpaired) electrons. The molecule has 1 aliphatic rings. The fourth-order valence-corrected chi connectivity index (χ4v) is 4.36. The molecule has 32 heavy (non-hydrogen) atoms. The topological polar surface area (TPSA) is 89.4 Å². The summed E-state index contributed by atoms with van der Waals surface area (Å²) in [7, 11) is 0. The number of carbonyl (C=O) groups is 1. The maximum atomic E-state index is 13.0. The Morgan fingerprint density at radius 2 is 2.03 bits per heavy atom. The Labute approximate surface area is 184 Å². The Hall–Kier alpha value is -3.92. The van der Waals surface area contributed by atoms with Gasteiger partial charge in [0.05, 0.1) is 27.5 Å². The van der Waals surface area contributed by atoms with Crippen molar-refractivity contribution in [2.45, 2.75) is 45.3 Å². The van der Waals surface area contributed by atoms with Crippen LogP contribution in [0.4, 0.5) is 0 Å². The molecule has 0 unspecified atom stereocenters. The van der Waals surface area contributed by atoms with Gasteiger partial charge in [-0.1, -0.05) is 18.9 Å². The smallest absolute Gasteiger partial charge is 0.338 e. The van der Waals surface area contributed by atoms with Crippen molar-refractivity contribution in [1.82, 2.24) is 14.0 Å². The van der Waals surface area contributed by atoms with Gasteiger partial charge in [0.1, 0.15) is 18.5 Å². The van der Waals surface area contributed by atoms with Crippen LogP contribution in [0.2, 0.25) is 0 Å². The predicted octanol–water partition coefficient (Wildman–Crippen LogP) is 3.99. The molecule has 0 saturated carbocycles. The first-order chi connectivity index (χ1) is 15.7. The summed E-state index contributed by atoms with van der Waals surface area (Å²) >= 11 is 0. The van der Waals surface area contributed by atoms with E-state index in [0.29, 0.717) is 34.1 Å².